The summed E-state index contributed by atoms with van der Waals surface area (Å²) in [4.78, 5) is 0. The number of hydrogen-bond acceptors (Lipinski definition) is 0. The fraction of sp³-hybridized carbons (Fsp3) is 1.00. The second-order valence-electron chi connectivity index (χ2n) is 6.21. The molecule has 2 saturated carbocycles. The summed E-state index contributed by atoms with van der Waals surface area (Å²) in [6.07, 6.45) is 7.36. The molecule has 0 N–H and O–H groups in total. The van der Waals surface area contributed by atoms with Gasteiger partial charge in [-0.15, -0.1) is 0 Å². The second-order valence-corrected chi connectivity index (χ2v) is 6.21. The van der Waals surface area contributed by atoms with E-state index in [4.69, 9.17) is 0 Å². The van der Waals surface area contributed by atoms with Crippen LogP contribution in [0.4, 0.5) is 0 Å². The van der Waals surface area contributed by atoms with Crippen molar-refractivity contribution in [2.75, 3.05) is 0 Å². The molecule has 4 atom stereocenters. The Bertz CT molecular complexity index is 196. The van der Waals surface area contributed by atoms with Crippen molar-refractivity contribution in [1.82, 2.24) is 0 Å². The van der Waals surface area contributed by atoms with Crippen molar-refractivity contribution >= 4 is 0 Å². The van der Waals surface area contributed by atoms with E-state index in [1.807, 2.05) is 0 Å². The monoisotopic (exact) mass is 180 g/mol. The molecule has 0 bridgehead atoms. The fourth-order valence-corrected chi connectivity index (χ4v) is 3.73. The molecular weight excluding hydrogens is 156 g/mol. The van der Waals surface area contributed by atoms with E-state index in [9.17, 15) is 0 Å². The normalized spacial score (nSPS) is 55.4. The van der Waals surface area contributed by atoms with Crippen molar-refractivity contribution in [3.05, 3.63) is 0 Å². The van der Waals surface area contributed by atoms with Gasteiger partial charge in [0.2, 0.25) is 0 Å². The fourth-order valence-electron chi connectivity index (χ4n) is 3.73. The van der Waals surface area contributed by atoms with Crippen molar-refractivity contribution in [1.29, 1.82) is 0 Å². The Morgan fingerprint density at radius 3 is 2.31 bits per heavy atom. The van der Waals surface area contributed by atoms with Gasteiger partial charge in [-0.25, -0.2) is 0 Å². The first-order chi connectivity index (χ1) is 6.00. The zero-order valence-electron chi connectivity index (χ0n) is 9.69. The molecule has 76 valence electrons. The first-order valence-corrected chi connectivity index (χ1v) is 6.00. The Hall–Kier alpha value is 0. The van der Waals surface area contributed by atoms with Gasteiger partial charge in [0, 0.05) is 0 Å². The summed E-state index contributed by atoms with van der Waals surface area (Å²) in [5, 5.41) is 0. The van der Waals surface area contributed by atoms with Crippen LogP contribution in [0.5, 0.6) is 0 Å². The largest absolute Gasteiger partial charge is 0.0649 e. The molecular formula is C13H24. The van der Waals surface area contributed by atoms with Crippen LogP contribution in [-0.4, -0.2) is 0 Å². The average molecular weight is 180 g/mol. The van der Waals surface area contributed by atoms with E-state index in [1.165, 1.54) is 32.1 Å². The highest BCUT2D eigenvalue weighted by Crippen LogP contribution is 2.62. The van der Waals surface area contributed by atoms with Gasteiger partial charge >= 0.3 is 0 Å². The summed E-state index contributed by atoms with van der Waals surface area (Å²) >= 11 is 0. The van der Waals surface area contributed by atoms with Crippen LogP contribution in [-0.2, 0) is 0 Å². The minimum Gasteiger partial charge on any atom is -0.0649 e. The molecule has 0 spiro atoms. The minimum absolute atomic E-state index is 0.671. The Balaban J connectivity index is 2.14. The zero-order valence-corrected chi connectivity index (χ0v) is 9.69. The van der Waals surface area contributed by atoms with Crippen molar-refractivity contribution in [2.24, 2.45) is 22.7 Å². The second kappa shape index (κ2) is 2.74. The molecule has 4 unspecified atom stereocenters. The highest BCUT2D eigenvalue weighted by Gasteiger charge is 2.53. The van der Waals surface area contributed by atoms with Gasteiger partial charge in [0.15, 0.2) is 0 Å². The standard InChI is InChI=1S/C13H24/c1-5-12(3)8-10(2)13(4)7-6-11(13)9-12/h10-11H,5-9H2,1-4H3. The Morgan fingerprint density at radius 2 is 1.92 bits per heavy atom. The molecule has 0 aromatic rings. The lowest BCUT2D eigenvalue weighted by Gasteiger charge is -2.59. The molecule has 2 fully saturated rings. The van der Waals surface area contributed by atoms with Crippen LogP contribution in [0.25, 0.3) is 0 Å². The van der Waals surface area contributed by atoms with Gasteiger partial charge in [-0.05, 0) is 48.3 Å². The third kappa shape index (κ3) is 1.25. The van der Waals surface area contributed by atoms with Crippen LogP contribution in [0.2, 0.25) is 0 Å². The van der Waals surface area contributed by atoms with E-state index in [2.05, 4.69) is 27.7 Å². The molecule has 2 rings (SSSR count). The molecule has 0 heterocycles. The van der Waals surface area contributed by atoms with Crippen LogP contribution in [0, 0.1) is 22.7 Å². The Kier molecular flexibility index (Phi) is 2.02. The van der Waals surface area contributed by atoms with Gasteiger partial charge in [-0.1, -0.05) is 34.1 Å². The summed E-state index contributed by atoms with van der Waals surface area (Å²) in [7, 11) is 0. The van der Waals surface area contributed by atoms with Gasteiger partial charge < -0.3 is 0 Å². The van der Waals surface area contributed by atoms with E-state index in [0.29, 0.717) is 5.41 Å². The summed E-state index contributed by atoms with van der Waals surface area (Å²) in [6.45, 7) is 9.88. The highest BCUT2D eigenvalue weighted by atomic mass is 14.6. The minimum atomic E-state index is 0.671. The van der Waals surface area contributed by atoms with E-state index >= 15 is 0 Å². The van der Waals surface area contributed by atoms with Crippen LogP contribution < -0.4 is 0 Å². The smallest absolute Gasteiger partial charge is 0.0271 e. The Labute approximate surface area is 83.1 Å². The SMILES string of the molecule is CCC1(C)CC(C)C2(C)CCC2C1. The maximum atomic E-state index is 2.53. The van der Waals surface area contributed by atoms with Crippen LogP contribution in [0.1, 0.15) is 59.8 Å². The first-order valence-electron chi connectivity index (χ1n) is 6.00. The average Bonchev–Trinajstić information content (AvgIpc) is 2.09. The first kappa shape index (κ1) is 9.55. The van der Waals surface area contributed by atoms with E-state index < -0.39 is 0 Å². The molecule has 0 aromatic heterocycles. The van der Waals surface area contributed by atoms with Crippen LogP contribution in [0.3, 0.4) is 0 Å². The van der Waals surface area contributed by atoms with Crippen LogP contribution >= 0.6 is 0 Å². The predicted octanol–water partition coefficient (Wildman–Crippen LogP) is 4.25. The summed E-state index contributed by atoms with van der Waals surface area (Å²) in [5.74, 6) is 2.02. The molecule has 0 nitrogen and oxygen atoms in total. The maximum absolute atomic E-state index is 2.53. The topological polar surface area (TPSA) is 0 Å². The van der Waals surface area contributed by atoms with Gasteiger partial charge in [0.25, 0.3) is 0 Å². The highest BCUT2D eigenvalue weighted by molar-refractivity contribution is 5.03. The van der Waals surface area contributed by atoms with E-state index in [-0.39, 0.29) is 0 Å². The molecule has 0 aliphatic heterocycles. The molecule has 0 radical (unpaired) electrons. The summed E-state index contributed by atoms with van der Waals surface area (Å²) < 4.78 is 0. The van der Waals surface area contributed by atoms with Crippen molar-refractivity contribution in [2.45, 2.75) is 59.8 Å². The number of rotatable bonds is 1. The molecule has 2 aliphatic rings. The summed E-state index contributed by atoms with van der Waals surface area (Å²) in [5.41, 5.74) is 1.40. The predicted molar refractivity (Wildman–Crippen MR) is 57.6 cm³/mol. The van der Waals surface area contributed by atoms with Gasteiger partial charge in [0.05, 0.1) is 0 Å². The lowest BCUT2D eigenvalue weighted by Crippen LogP contribution is -2.50. The summed E-state index contributed by atoms with van der Waals surface area (Å²) in [6, 6.07) is 0. The number of fused-ring (bicyclic) bond motifs is 1. The lowest BCUT2D eigenvalue weighted by atomic mass is 9.46. The van der Waals surface area contributed by atoms with Crippen molar-refractivity contribution in [3.8, 4) is 0 Å². The third-order valence-electron chi connectivity index (χ3n) is 5.48. The van der Waals surface area contributed by atoms with Crippen molar-refractivity contribution < 1.29 is 0 Å². The van der Waals surface area contributed by atoms with Gasteiger partial charge in [-0.3, -0.25) is 0 Å². The molecule has 0 aromatic carbocycles. The van der Waals surface area contributed by atoms with E-state index in [1.54, 1.807) is 0 Å². The molecule has 0 amide bonds. The molecule has 13 heavy (non-hydrogen) atoms. The third-order valence-corrected chi connectivity index (χ3v) is 5.48. The van der Waals surface area contributed by atoms with Crippen LogP contribution in [0.15, 0.2) is 0 Å². The van der Waals surface area contributed by atoms with Gasteiger partial charge in [0.1, 0.15) is 0 Å². The Morgan fingerprint density at radius 1 is 1.23 bits per heavy atom. The number of hydrogen-bond donors (Lipinski definition) is 0. The van der Waals surface area contributed by atoms with E-state index in [0.717, 1.165) is 17.3 Å². The molecule has 0 saturated heterocycles. The van der Waals surface area contributed by atoms with Gasteiger partial charge in [-0.2, -0.15) is 0 Å². The zero-order chi connectivity index (χ0) is 9.69. The molecule has 0 heteroatoms. The quantitative estimate of drug-likeness (QED) is 0.566. The maximum Gasteiger partial charge on any atom is -0.0271 e. The van der Waals surface area contributed by atoms with Crippen molar-refractivity contribution in [3.63, 3.8) is 0 Å². The molecule has 2 aliphatic carbocycles. The lowest BCUT2D eigenvalue weighted by molar-refractivity contribution is -0.0952.